The fraction of sp³-hybridized carbons (Fsp3) is 0.500. The van der Waals surface area contributed by atoms with Gasteiger partial charge < -0.3 is 4.74 Å². The van der Waals surface area contributed by atoms with Gasteiger partial charge in [0.05, 0.1) is 5.75 Å². The maximum Gasteiger partial charge on any atom is 0.417 e. The SMILES string of the molecule is O=C1COC(=O)N1C1CCN(S(=O)(=O)CCc2ccccc2)CC1. The molecule has 0 unspecified atom stereocenters. The van der Waals surface area contributed by atoms with Crippen LogP contribution in [0.5, 0.6) is 0 Å². The molecule has 0 aromatic heterocycles. The number of amides is 2. The molecule has 8 heteroatoms. The number of cyclic esters (lactones) is 1. The van der Waals surface area contributed by atoms with E-state index in [1.54, 1.807) is 0 Å². The summed E-state index contributed by atoms with van der Waals surface area (Å²) in [7, 11) is -3.34. The van der Waals surface area contributed by atoms with E-state index in [2.05, 4.69) is 0 Å². The molecule has 2 saturated heterocycles. The molecule has 7 nitrogen and oxygen atoms in total. The van der Waals surface area contributed by atoms with Gasteiger partial charge in [-0.15, -0.1) is 0 Å². The average molecular weight is 352 g/mol. The number of carbonyl (C=O) groups excluding carboxylic acids is 2. The molecule has 2 fully saturated rings. The van der Waals surface area contributed by atoms with E-state index in [1.165, 1.54) is 4.31 Å². The zero-order chi connectivity index (χ0) is 17.2. The normalized spacial score (nSPS) is 20.4. The lowest BCUT2D eigenvalue weighted by molar-refractivity contribution is -0.127. The summed E-state index contributed by atoms with van der Waals surface area (Å²) in [4.78, 5) is 24.4. The molecule has 1 aromatic carbocycles. The highest BCUT2D eigenvalue weighted by Crippen LogP contribution is 2.22. The van der Waals surface area contributed by atoms with Crippen LogP contribution in [-0.2, 0) is 26.0 Å². The lowest BCUT2D eigenvalue weighted by Crippen LogP contribution is -2.49. The van der Waals surface area contributed by atoms with Crippen molar-refractivity contribution in [1.29, 1.82) is 0 Å². The van der Waals surface area contributed by atoms with Crippen molar-refractivity contribution in [3.8, 4) is 0 Å². The molecule has 3 rings (SSSR count). The Hall–Kier alpha value is -1.93. The molecule has 2 amide bonds. The highest BCUT2D eigenvalue weighted by atomic mass is 32.2. The molecule has 2 aliphatic heterocycles. The van der Waals surface area contributed by atoms with Crippen molar-refractivity contribution >= 4 is 22.0 Å². The van der Waals surface area contributed by atoms with Crippen LogP contribution in [0.4, 0.5) is 4.79 Å². The first-order valence-electron chi connectivity index (χ1n) is 7.98. The van der Waals surface area contributed by atoms with Crippen LogP contribution in [0, 0.1) is 0 Å². The van der Waals surface area contributed by atoms with Gasteiger partial charge in [-0.2, -0.15) is 0 Å². The van der Waals surface area contributed by atoms with Gasteiger partial charge in [-0.05, 0) is 24.8 Å². The second-order valence-electron chi connectivity index (χ2n) is 6.00. The predicted octanol–water partition coefficient (Wildman–Crippen LogP) is 1.00. The van der Waals surface area contributed by atoms with Gasteiger partial charge in [-0.1, -0.05) is 30.3 Å². The molecule has 1 aromatic rings. The maximum atomic E-state index is 12.5. The van der Waals surface area contributed by atoms with Gasteiger partial charge in [0.25, 0.3) is 5.91 Å². The first-order chi connectivity index (χ1) is 11.5. The Morgan fingerprint density at radius 3 is 2.33 bits per heavy atom. The van der Waals surface area contributed by atoms with E-state index < -0.39 is 16.1 Å². The van der Waals surface area contributed by atoms with E-state index in [0.717, 1.165) is 10.5 Å². The number of hydrogen-bond donors (Lipinski definition) is 0. The number of ether oxygens (including phenoxy) is 1. The molecule has 0 bridgehead atoms. The quantitative estimate of drug-likeness (QED) is 0.789. The number of piperidine rings is 1. The first-order valence-corrected chi connectivity index (χ1v) is 9.59. The summed E-state index contributed by atoms with van der Waals surface area (Å²) in [6.07, 6.45) is 0.752. The molecule has 0 N–H and O–H groups in total. The molecule has 0 radical (unpaired) electrons. The Balaban J connectivity index is 1.55. The molecule has 0 atom stereocenters. The summed E-state index contributed by atoms with van der Waals surface area (Å²) < 4.78 is 31.1. The molecule has 2 aliphatic rings. The number of nitrogens with zero attached hydrogens (tertiary/aromatic N) is 2. The molecule has 130 valence electrons. The summed E-state index contributed by atoms with van der Waals surface area (Å²) >= 11 is 0. The maximum absolute atomic E-state index is 12.5. The molecule has 0 spiro atoms. The average Bonchev–Trinajstić information content (AvgIpc) is 2.93. The highest BCUT2D eigenvalue weighted by Gasteiger charge is 2.39. The molecular weight excluding hydrogens is 332 g/mol. The minimum Gasteiger partial charge on any atom is -0.439 e. The van der Waals surface area contributed by atoms with Crippen LogP contribution in [0.2, 0.25) is 0 Å². The zero-order valence-electron chi connectivity index (χ0n) is 13.3. The largest absolute Gasteiger partial charge is 0.439 e. The summed E-state index contributed by atoms with van der Waals surface area (Å²) in [6.45, 7) is 0.423. The van der Waals surface area contributed by atoms with Crippen LogP contribution in [0.3, 0.4) is 0 Å². The van der Waals surface area contributed by atoms with Gasteiger partial charge in [0.15, 0.2) is 6.61 Å². The van der Waals surface area contributed by atoms with Crippen molar-refractivity contribution in [3.05, 3.63) is 35.9 Å². The minimum atomic E-state index is -3.34. The third kappa shape index (κ3) is 3.59. The van der Waals surface area contributed by atoms with Gasteiger partial charge in [0.1, 0.15) is 0 Å². The van der Waals surface area contributed by atoms with E-state index in [4.69, 9.17) is 4.74 Å². The van der Waals surface area contributed by atoms with Crippen LogP contribution < -0.4 is 0 Å². The monoisotopic (exact) mass is 352 g/mol. The molecule has 2 heterocycles. The lowest BCUT2D eigenvalue weighted by atomic mass is 10.1. The van der Waals surface area contributed by atoms with Crippen LogP contribution in [0.1, 0.15) is 18.4 Å². The summed E-state index contributed by atoms with van der Waals surface area (Å²) in [5.41, 5.74) is 0.987. The Kier molecular flexibility index (Phi) is 4.86. The first kappa shape index (κ1) is 16.9. The Morgan fingerprint density at radius 1 is 1.08 bits per heavy atom. The Bertz CT molecular complexity index is 695. The predicted molar refractivity (Wildman–Crippen MR) is 86.7 cm³/mol. The zero-order valence-corrected chi connectivity index (χ0v) is 14.1. The number of imide groups is 1. The van der Waals surface area contributed by atoms with Gasteiger partial charge in [0.2, 0.25) is 10.0 Å². The summed E-state index contributed by atoms with van der Waals surface area (Å²) in [5, 5.41) is 0. The van der Waals surface area contributed by atoms with Crippen molar-refractivity contribution < 1.29 is 22.7 Å². The van der Waals surface area contributed by atoms with Crippen molar-refractivity contribution in [3.63, 3.8) is 0 Å². The highest BCUT2D eigenvalue weighted by molar-refractivity contribution is 7.89. The van der Waals surface area contributed by atoms with E-state index in [-0.39, 0.29) is 24.3 Å². The van der Waals surface area contributed by atoms with Gasteiger partial charge in [-0.25, -0.2) is 22.4 Å². The second-order valence-corrected chi connectivity index (χ2v) is 8.09. The standard InChI is InChI=1S/C16H20N2O5S/c19-15-12-23-16(20)18(15)14-6-9-17(10-7-14)24(21,22)11-8-13-4-2-1-3-5-13/h1-5,14H,6-12H2. The number of carbonyl (C=O) groups is 2. The lowest BCUT2D eigenvalue weighted by Gasteiger charge is -2.34. The third-order valence-electron chi connectivity index (χ3n) is 4.46. The number of sulfonamides is 1. The van der Waals surface area contributed by atoms with E-state index in [0.29, 0.717) is 32.4 Å². The number of rotatable bonds is 5. The molecule has 0 aliphatic carbocycles. The van der Waals surface area contributed by atoms with Crippen molar-refractivity contribution in [2.24, 2.45) is 0 Å². The van der Waals surface area contributed by atoms with Crippen molar-refractivity contribution in [2.75, 3.05) is 25.4 Å². The van der Waals surface area contributed by atoms with E-state index in [9.17, 15) is 18.0 Å². The number of benzene rings is 1. The van der Waals surface area contributed by atoms with Crippen LogP contribution in [0.25, 0.3) is 0 Å². The fourth-order valence-corrected chi connectivity index (χ4v) is 4.64. The number of hydrogen-bond acceptors (Lipinski definition) is 5. The second kappa shape index (κ2) is 6.90. The molecular formula is C16H20N2O5S. The van der Waals surface area contributed by atoms with E-state index in [1.807, 2.05) is 30.3 Å². The molecule has 24 heavy (non-hydrogen) atoms. The molecule has 0 saturated carbocycles. The minimum absolute atomic E-state index is 0.0619. The van der Waals surface area contributed by atoms with E-state index >= 15 is 0 Å². The smallest absolute Gasteiger partial charge is 0.417 e. The van der Waals surface area contributed by atoms with Crippen molar-refractivity contribution in [2.45, 2.75) is 25.3 Å². The summed E-state index contributed by atoms with van der Waals surface area (Å²) in [6, 6.07) is 9.22. The topological polar surface area (TPSA) is 84.0 Å². The van der Waals surface area contributed by atoms with Gasteiger partial charge >= 0.3 is 6.09 Å². The fourth-order valence-electron chi connectivity index (χ4n) is 3.12. The van der Waals surface area contributed by atoms with Crippen LogP contribution in [0.15, 0.2) is 30.3 Å². The Labute approximate surface area is 141 Å². The third-order valence-corrected chi connectivity index (χ3v) is 6.33. The number of aryl methyl sites for hydroxylation is 1. The summed E-state index contributed by atoms with van der Waals surface area (Å²) in [5.74, 6) is -0.280. The van der Waals surface area contributed by atoms with Crippen LogP contribution >= 0.6 is 0 Å². The van der Waals surface area contributed by atoms with Crippen LogP contribution in [-0.4, -0.2) is 61.1 Å². The van der Waals surface area contributed by atoms with Gasteiger partial charge in [-0.3, -0.25) is 4.79 Å². The van der Waals surface area contributed by atoms with Crippen molar-refractivity contribution in [1.82, 2.24) is 9.21 Å². The van der Waals surface area contributed by atoms with Gasteiger partial charge in [0, 0.05) is 19.1 Å². The Morgan fingerprint density at radius 2 is 1.75 bits per heavy atom.